The summed E-state index contributed by atoms with van der Waals surface area (Å²) in [6.07, 6.45) is 7.59. The van der Waals surface area contributed by atoms with E-state index in [4.69, 9.17) is 0 Å². The Morgan fingerprint density at radius 2 is 1.81 bits per heavy atom. The van der Waals surface area contributed by atoms with Gasteiger partial charge >= 0.3 is 5.97 Å². The zero-order valence-electron chi connectivity index (χ0n) is 16.8. The molecule has 146 valence electrons. The summed E-state index contributed by atoms with van der Waals surface area (Å²) in [6.45, 7) is 7.42. The Morgan fingerprint density at radius 1 is 1.11 bits per heavy atom. The van der Waals surface area contributed by atoms with E-state index in [9.17, 15) is 9.90 Å². The van der Waals surface area contributed by atoms with Crippen molar-refractivity contribution in [3.63, 3.8) is 0 Å². The summed E-state index contributed by atoms with van der Waals surface area (Å²) in [4.78, 5) is 12.0. The minimum absolute atomic E-state index is 0.473. The number of hydrogen-bond acceptors (Lipinski definition) is 2. The van der Waals surface area contributed by atoms with Crippen LogP contribution in [0.25, 0.3) is 0 Å². The van der Waals surface area contributed by atoms with E-state index in [1.807, 2.05) is 6.92 Å². The monoisotopic (exact) mass is 368 g/mol. The number of carbonyl (C=O) groups is 1. The van der Waals surface area contributed by atoms with Crippen molar-refractivity contribution in [2.45, 2.75) is 78.4 Å². The Hall–Kier alpha value is -2.07. The third-order valence-electron chi connectivity index (χ3n) is 5.97. The molecule has 0 spiro atoms. The van der Waals surface area contributed by atoms with E-state index in [-0.39, 0.29) is 0 Å². The summed E-state index contributed by atoms with van der Waals surface area (Å²) in [6, 6.07) is 8.93. The van der Waals surface area contributed by atoms with Crippen LogP contribution in [0.5, 0.6) is 0 Å². The summed E-state index contributed by atoms with van der Waals surface area (Å²) in [5, 5.41) is 13.5. The molecule has 0 saturated heterocycles. The molecule has 0 atom stereocenters. The molecule has 2 N–H and O–H groups in total. The zero-order valence-corrected chi connectivity index (χ0v) is 16.8. The smallest absolute Gasteiger partial charge is 0.337 e. The topological polar surface area (TPSA) is 54.3 Å². The Labute approximate surface area is 162 Å². The van der Waals surface area contributed by atoms with Gasteiger partial charge in [0.15, 0.2) is 0 Å². The molecule has 1 aromatic carbocycles. The van der Waals surface area contributed by atoms with Gasteiger partial charge in [-0.3, -0.25) is 0 Å². The van der Waals surface area contributed by atoms with E-state index in [2.05, 4.69) is 48.0 Å². The average molecular weight is 369 g/mol. The van der Waals surface area contributed by atoms with Gasteiger partial charge in [-0.05, 0) is 39.2 Å². The second-order valence-corrected chi connectivity index (χ2v) is 7.97. The molecule has 27 heavy (non-hydrogen) atoms. The van der Waals surface area contributed by atoms with Gasteiger partial charge in [-0.25, -0.2) is 4.79 Å². The van der Waals surface area contributed by atoms with Crippen LogP contribution in [0.2, 0.25) is 0 Å². The van der Waals surface area contributed by atoms with Crippen molar-refractivity contribution in [2.75, 3.05) is 0 Å². The maximum atomic E-state index is 12.0. The van der Waals surface area contributed by atoms with Crippen molar-refractivity contribution >= 4 is 5.97 Å². The highest BCUT2D eigenvalue weighted by Gasteiger charge is 2.23. The molecule has 1 heterocycles. The molecular weight excluding hydrogens is 336 g/mol. The fraction of sp³-hybridized carbons (Fsp3) is 0.522. The van der Waals surface area contributed by atoms with Gasteiger partial charge in [0.2, 0.25) is 0 Å². The minimum atomic E-state index is -0.823. The van der Waals surface area contributed by atoms with Crippen molar-refractivity contribution < 1.29 is 9.90 Å². The van der Waals surface area contributed by atoms with Crippen molar-refractivity contribution in [2.24, 2.45) is 0 Å². The summed E-state index contributed by atoms with van der Waals surface area (Å²) in [7, 11) is 0. The van der Waals surface area contributed by atoms with Crippen LogP contribution >= 0.6 is 0 Å². The Bertz CT molecular complexity index is 799. The van der Waals surface area contributed by atoms with Crippen molar-refractivity contribution in [1.82, 2.24) is 9.88 Å². The Balaban J connectivity index is 1.85. The van der Waals surface area contributed by atoms with Gasteiger partial charge in [-0.2, -0.15) is 0 Å². The van der Waals surface area contributed by atoms with Crippen LogP contribution in [0.3, 0.4) is 0 Å². The maximum absolute atomic E-state index is 12.0. The molecular formula is C23H32N2O2. The quantitative estimate of drug-likeness (QED) is 0.708. The van der Waals surface area contributed by atoms with Gasteiger partial charge in [0, 0.05) is 36.1 Å². The molecule has 0 amide bonds. The number of nitrogens with one attached hydrogen (secondary N) is 1. The number of rotatable bonds is 6. The summed E-state index contributed by atoms with van der Waals surface area (Å²) < 4.78 is 2.16. The second kappa shape index (κ2) is 8.75. The van der Waals surface area contributed by atoms with Crippen molar-refractivity contribution in [3.8, 4) is 0 Å². The number of aryl methyl sites for hydroxylation is 1. The number of carboxylic acid groups (broad SMARTS) is 1. The maximum Gasteiger partial charge on any atom is 0.337 e. The number of benzene rings is 1. The first kappa shape index (κ1) is 19.7. The molecule has 1 aliphatic rings. The first-order valence-electron chi connectivity index (χ1n) is 10.2. The molecule has 4 nitrogen and oxygen atoms in total. The van der Waals surface area contributed by atoms with Crippen LogP contribution in [0.1, 0.15) is 77.0 Å². The largest absolute Gasteiger partial charge is 0.478 e. The lowest BCUT2D eigenvalue weighted by Gasteiger charge is -2.17. The lowest BCUT2D eigenvalue weighted by atomic mass is 10.1. The molecule has 2 aromatic rings. The van der Waals surface area contributed by atoms with Gasteiger partial charge in [0.1, 0.15) is 0 Å². The number of aromatic carboxylic acids is 1. The molecule has 1 saturated carbocycles. The summed E-state index contributed by atoms with van der Waals surface area (Å²) >= 11 is 0. The van der Waals surface area contributed by atoms with Gasteiger partial charge < -0.3 is 15.0 Å². The summed E-state index contributed by atoms with van der Waals surface area (Å²) in [5.74, 6) is -0.823. The lowest BCUT2D eigenvalue weighted by Crippen LogP contribution is -2.28. The van der Waals surface area contributed by atoms with Crippen LogP contribution in [0.15, 0.2) is 24.3 Å². The minimum Gasteiger partial charge on any atom is -0.478 e. The highest BCUT2D eigenvalue weighted by molar-refractivity contribution is 5.91. The first-order chi connectivity index (χ1) is 13.0. The molecule has 3 rings (SSSR count). The molecule has 0 radical (unpaired) electrons. The Kier molecular flexibility index (Phi) is 6.38. The van der Waals surface area contributed by atoms with E-state index in [0.29, 0.717) is 24.7 Å². The van der Waals surface area contributed by atoms with Crippen molar-refractivity contribution in [1.29, 1.82) is 0 Å². The second-order valence-electron chi connectivity index (χ2n) is 7.97. The Morgan fingerprint density at radius 3 is 2.44 bits per heavy atom. The zero-order chi connectivity index (χ0) is 19.4. The molecule has 1 aromatic heterocycles. The van der Waals surface area contributed by atoms with Crippen LogP contribution in [-0.2, 0) is 13.1 Å². The molecule has 0 aliphatic heterocycles. The van der Waals surface area contributed by atoms with E-state index in [0.717, 1.165) is 17.0 Å². The lowest BCUT2D eigenvalue weighted by molar-refractivity contribution is 0.0694. The van der Waals surface area contributed by atoms with Gasteiger partial charge in [-0.15, -0.1) is 0 Å². The number of hydrogen-bond donors (Lipinski definition) is 2. The first-order valence-corrected chi connectivity index (χ1v) is 10.2. The third kappa shape index (κ3) is 4.62. The third-order valence-corrected chi connectivity index (χ3v) is 5.97. The molecule has 0 unspecified atom stereocenters. The highest BCUT2D eigenvalue weighted by atomic mass is 16.4. The van der Waals surface area contributed by atoms with Crippen LogP contribution < -0.4 is 5.32 Å². The number of carboxylic acids is 1. The number of nitrogens with zero attached hydrogens (tertiary/aromatic N) is 1. The fourth-order valence-corrected chi connectivity index (χ4v) is 4.41. The SMILES string of the molecule is Cc1cccc(Cn2c(C)c(CNC3CCCCCC3)c(C(=O)O)c2C)c1. The molecule has 4 heteroatoms. The standard InChI is InChI=1S/C23H32N2O2/c1-16-9-8-10-19(13-16)15-25-17(2)21(22(18(25)3)23(26)27)14-24-20-11-6-4-5-7-12-20/h8-10,13,20,24H,4-7,11-12,14-15H2,1-3H3,(H,26,27). The molecule has 1 aliphatic carbocycles. The van der Waals surface area contributed by atoms with E-state index in [1.165, 1.54) is 49.7 Å². The van der Waals surface area contributed by atoms with Gasteiger partial charge in [-0.1, -0.05) is 55.5 Å². The average Bonchev–Trinajstić information content (AvgIpc) is 2.81. The number of aromatic nitrogens is 1. The van der Waals surface area contributed by atoms with Gasteiger partial charge in [0.05, 0.1) is 5.56 Å². The highest BCUT2D eigenvalue weighted by Crippen LogP contribution is 2.25. The van der Waals surface area contributed by atoms with E-state index in [1.54, 1.807) is 0 Å². The van der Waals surface area contributed by atoms with Crippen LogP contribution in [0.4, 0.5) is 0 Å². The van der Waals surface area contributed by atoms with Gasteiger partial charge in [0.25, 0.3) is 0 Å². The normalized spacial score (nSPS) is 15.7. The van der Waals surface area contributed by atoms with E-state index >= 15 is 0 Å². The fourth-order valence-electron chi connectivity index (χ4n) is 4.41. The molecule has 1 fully saturated rings. The van der Waals surface area contributed by atoms with Crippen LogP contribution in [-0.4, -0.2) is 21.7 Å². The predicted octanol–water partition coefficient (Wildman–Crippen LogP) is 4.97. The van der Waals surface area contributed by atoms with Crippen LogP contribution in [0, 0.1) is 20.8 Å². The summed E-state index contributed by atoms with van der Waals surface area (Å²) in [5.41, 5.74) is 5.75. The van der Waals surface area contributed by atoms with E-state index < -0.39 is 5.97 Å². The predicted molar refractivity (Wildman–Crippen MR) is 109 cm³/mol. The molecule has 0 bridgehead atoms. The van der Waals surface area contributed by atoms with Crippen molar-refractivity contribution in [3.05, 3.63) is 57.9 Å².